The molecule has 0 saturated heterocycles. The molecule has 0 radical (unpaired) electrons. The number of amides is 2. The van der Waals surface area contributed by atoms with Crippen molar-refractivity contribution in [3.05, 3.63) is 28.8 Å². The molecule has 19 heavy (non-hydrogen) atoms. The largest absolute Gasteiger partial charge is 0.478 e. The molecule has 3 N–H and O–H groups in total. The van der Waals surface area contributed by atoms with Crippen molar-refractivity contribution in [2.24, 2.45) is 0 Å². The van der Waals surface area contributed by atoms with E-state index in [1.165, 1.54) is 6.07 Å². The number of carboxylic acid groups (broad SMARTS) is 1. The number of carbonyl (C=O) groups excluding carboxylic acids is 1. The van der Waals surface area contributed by atoms with E-state index in [2.05, 4.69) is 10.6 Å². The summed E-state index contributed by atoms with van der Waals surface area (Å²) in [5.41, 5.74) is 2.30. The first kappa shape index (κ1) is 13.4. The van der Waals surface area contributed by atoms with Crippen molar-refractivity contribution in [3.8, 4) is 0 Å². The second-order valence-corrected chi connectivity index (χ2v) is 5.00. The summed E-state index contributed by atoms with van der Waals surface area (Å²) in [7, 11) is 0. The van der Waals surface area contributed by atoms with Gasteiger partial charge in [0.1, 0.15) is 0 Å². The van der Waals surface area contributed by atoms with Crippen LogP contribution in [0.3, 0.4) is 0 Å². The lowest BCUT2D eigenvalue weighted by atomic mass is 9.93. The number of hydrogen-bond donors (Lipinski definition) is 3. The highest BCUT2D eigenvalue weighted by Crippen LogP contribution is 2.21. The quantitative estimate of drug-likeness (QED) is 0.783. The molecule has 2 amide bonds. The lowest BCUT2D eigenvalue weighted by molar-refractivity contribution is 0.0696. The number of hydrogen-bond acceptors (Lipinski definition) is 2. The standard InChI is InChI=1S/C14H18N2O3/c1-8-6-11(7-12(9(8)2)13(17)18)16-14(19)15-10-4-3-5-10/h6-7,10H,3-5H2,1-2H3,(H,17,18)(H2,15,16,19). The summed E-state index contributed by atoms with van der Waals surface area (Å²) in [5, 5.41) is 14.7. The van der Waals surface area contributed by atoms with Crippen molar-refractivity contribution in [2.45, 2.75) is 39.2 Å². The van der Waals surface area contributed by atoms with Crippen LogP contribution in [0.2, 0.25) is 0 Å². The van der Waals surface area contributed by atoms with Crippen LogP contribution in [0.1, 0.15) is 40.7 Å². The molecule has 1 aromatic rings. The van der Waals surface area contributed by atoms with Crippen LogP contribution in [0.4, 0.5) is 10.5 Å². The molecule has 0 heterocycles. The van der Waals surface area contributed by atoms with Gasteiger partial charge in [-0.25, -0.2) is 9.59 Å². The fraction of sp³-hybridized carbons (Fsp3) is 0.429. The normalized spacial score (nSPS) is 14.6. The van der Waals surface area contributed by atoms with Crippen molar-refractivity contribution in [1.29, 1.82) is 0 Å². The van der Waals surface area contributed by atoms with E-state index in [0.717, 1.165) is 30.4 Å². The van der Waals surface area contributed by atoms with Crippen LogP contribution in [0, 0.1) is 13.8 Å². The van der Waals surface area contributed by atoms with E-state index in [1.807, 2.05) is 6.92 Å². The topological polar surface area (TPSA) is 78.4 Å². The maximum absolute atomic E-state index is 11.7. The van der Waals surface area contributed by atoms with Crippen LogP contribution in [0.5, 0.6) is 0 Å². The van der Waals surface area contributed by atoms with Gasteiger partial charge in [-0.15, -0.1) is 0 Å². The molecule has 2 rings (SSSR count). The lowest BCUT2D eigenvalue weighted by Gasteiger charge is -2.26. The third kappa shape index (κ3) is 3.05. The van der Waals surface area contributed by atoms with Crippen LogP contribution in [-0.2, 0) is 0 Å². The minimum absolute atomic E-state index is 0.221. The van der Waals surface area contributed by atoms with Crippen LogP contribution >= 0.6 is 0 Å². The Labute approximate surface area is 112 Å². The van der Waals surface area contributed by atoms with Crippen LogP contribution in [-0.4, -0.2) is 23.1 Å². The molecule has 0 unspecified atom stereocenters. The minimum atomic E-state index is -0.983. The Morgan fingerprint density at radius 2 is 1.95 bits per heavy atom. The number of urea groups is 1. The number of carbonyl (C=O) groups is 2. The van der Waals surface area contributed by atoms with E-state index in [9.17, 15) is 9.59 Å². The Balaban J connectivity index is 2.11. The molecule has 0 spiro atoms. The molecular formula is C14H18N2O3. The third-order valence-electron chi connectivity index (χ3n) is 3.60. The first-order chi connectivity index (χ1) is 8.97. The SMILES string of the molecule is Cc1cc(NC(=O)NC2CCC2)cc(C(=O)O)c1C. The van der Waals surface area contributed by atoms with Gasteiger partial charge in [0.15, 0.2) is 0 Å². The second-order valence-electron chi connectivity index (χ2n) is 5.00. The molecule has 1 aliphatic rings. The molecule has 5 heteroatoms. The first-order valence-electron chi connectivity index (χ1n) is 6.39. The van der Waals surface area contributed by atoms with Gasteiger partial charge in [0, 0.05) is 11.7 Å². The summed E-state index contributed by atoms with van der Waals surface area (Å²) in [6, 6.07) is 3.25. The zero-order valence-corrected chi connectivity index (χ0v) is 11.1. The molecule has 1 aromatic carbocycles. The van der Waals surface area contributed by atoms with Gasteiger partial charge in [0.2, 0.25) is 0 Å². The van der Waals surface area contributed by atoms with Gasteiger partial charge in [-0.3, -0.25) is 0 Å². The molecular weight excluding hydrogens is 244 g/mol. The molecule has 1 fully saturated rings. The predicted octanol–water partition coefficient (Wildman–Crippen LogP) is 2.68. The number of rotatable bonds is 3. The van der Waals surface area contributed by atoms with Gasteiger partial charge < -0.3 is 15.7 Å². The highest BCUT2D eigenvalue weighted by Gasteiger charge is 2.19. The van der Waals surface area contributed by atoms with Crippen LogP contribution in [0.15, 0.2) is 12.1 Å². The summed E-state index contributed by atoms with van der Waals surface area (Å²) >= 11 is 0. The zero-order chi connectivity index (χ0) is 14.0. The summed E-state index contributed by atoms with van der Waals surface area (Å²) in [6.07, 6.45) is 3.18. The average Bonchev–Trinajstić information content (AvgIpc) is 2.28. The second kappa shape index (κ2) is 5.30. The number of anilines is 1. The average molecular weight is 262 g/mol. The molecule has 0 aliphatic heterocycles. The van der Waals surface area contributed by atoms with Gasteiger partial charge in [0.05, 0.1) is 5.56 Å². The molecule has 5 nitrogen and oxygen atoms in total. The Bertz CT molecular complexity index is 522. The molecule has 0 atom stereocenters. The Kier molecular flexibility index (Phi) is 3.74. The summed E-state index contributed by atoms with van der Waals surface area (Å²) in [6.45, 7) is 3.59. The van der Waals surface area contributed by atoms with Crippen molar-refractivity contribution in [1.82, 2.24) is 5.32 Å². The van der Waals surface area contributed by atoms with Crippen LogP contribution in [0.25, 0.3) is 0 Å². The third-order valence-corrected chi connectivity index (χ3v) is 3.60. The van der Waals surface area contributed by atoms with E-state index in [1.54, 1.807) is 13.0 Å². The summed E-state index contributed by atoms with van der Waals surface area (Å²) < 4.78 is 0. The van der Waals surface area contributed by atoms with Crippen LogP contribution < -0.4 is 10.6 Å². The number of benzene rings is 1. The number of aromatic carboxylic acids is 1. The van der Waals surface area contributed by atoms with Gasteiger partial charge in [-0.1, -0.05) is 0 Å². The predicted molar refractivity (Wildman–Crippen MR) is 72.7 cm³/mol. The van der Waals surface area contributed by atoms with E-state index < -0.39 is 5.97 Å². The molecule has 102 valence electrons. The minimum Gasteiger partial charge on any atom is -0.478 e. The maximum atomic E-state index is 11.7. The monoisotopic (exact) mass is 262 g/mol. The smallest absolute Gasteiger partial charge is 0.336 e. The van der Waals surface area contributed by atoms with Gasteiger partial charge in [-0.05, 0) is 56.4 Å². The lowest BCUT2D eigenvalue weighted by Crippen LogP contribution is -2.41. The fourth-order valence-electron chi connectivity index (χ4n) is 2.06. The number of carboxylic acids is 1. The van der Waals surface area contributed by atoms with Gasteiger partial charge in [0.25, 0.3) is 0 Å². The number of nitrogens with one attached hydrogen (secondary N) is 2. The summed E-state index contributed by atoms with van der Waals surface area (Å²) in [5.74, 6) is -0.983. The first-order valence-corrected chi connectivity index (χ1v) is 6.39. The fourth-order valence-corrected chi connectivity index (χ4v) is 2.06. The highest BCUT2D eigenvalue weighted by atomic mass is 16.4. The number of aryl methyl sites for hydroxylation is 1. The van der Waals surface area contributed by atoms with Crippen molar-refractivity contribution in [2.75, 3.05) is 5.32 Å². The van der Waals surface area contributed by atoms with Crippen molar-refractivity contribution >= 4 is 17.7 Å². The van der Waals surface area contributed by atoms with E-state index in [0.29, 0.717) is 5.69 Å². The summed E-state index contributed by atoms with van der Waals surface area (Å²) in [4.78, 5) is 22.8. The molecule has 1 aliphatic carbocycles. The molecule has 1 saturated carbocycles. The maximum Gasteiger partial charge on any atom is 0.336 e. The zero-order valence-electron chi connectivity index (χ0n) is 11.1. The van der Waals surface area contributed by atoms with E-state index in [-0.39, 0.29) is 17.6 Å². The van der Waals surface area contributed by atoms with E-state index in [4.69, 9.17) is 5.11 Å². The molecule has 0 aromatic heterocycles. The Morgan fingerprint density at radius 3 is 2.47 bits per heavy atom. The van der Waals surface area contributed by atoms with E-state index >= 15 is 0 Å². The highest BCUT2D eigenvalue weighted by molar-refractivity contribution is 5.94. The molecule has 0 bridgehead atoms. The Morgan fingerprint density at radius 1 is 1.26 bits per heavy atom. The van der Waals surface area contributed by atoms with Gasteiger partial charge >= 0.3 is 12.0 Å². The Hall–Kier alpha value is -2.04. The van der Waals surface area contributed by atoms with Crippen molar-refractivity contribution < 1.29 is 14.7 Å². The van der Waals surface area contributed by atoms with Crippen molar-refractivity contribution in [3.63, 3.8) is 0 Å². The van der Waals surface area contributed by atoms with Gasteiger partial charge in [-0.2, -0.15) is 0 Å².